The molecule has 1 heterocycles. The fraction of sp³-hybridized carbons (Fsp3) is 0.524. The van der Waals surface area contributed by atoms with Gasteiger partial charge in [-0.3, -0.25) is 0 Å². The second-order valence-corrected chi connectivity index (χ2v) is 9.34. The smallest absolute Gasteiger partial charge is 0.115 e. The predicted molar refractivity (Wildman–Crippen MR) is 97.9 cm³/mol. The van der Waals surface area contributed by atoms with Crippen molar-refractivity contribution in [1.82, 2.24) is 4.98 Å². The lowest BCUT2D eigenvalue weighted by molar-refractivity contribution is 0.104. The van der Waals surface area contributed by atoms with Crippen molar-refractivity contribution >= 4 is 11.3 Å². The lowest BCUT2D eigenvalue weighted by Gasteiger charge is -2.49. The first-order chi connectivity index (χ1) is 12.1. The van der Waals surface area contributed by atoms with Gasteiger partial charge in [0.15, 0.2) is 0 Å². The first-order valence-corrected chi connectivity index (χ1v) is 10.1. The summed E-state index contributed by atoms with van der Waals surface area (Å²) in [6, 6.07) is 8.24. The van der Waals surface area contributed by atoms with Crippen molar-refractivity contribution in [3.63, 3.8) is 0 Å². The summed E-state index contributed by atoms with van der Waals surface area (Å²) in [6.07, 6.45) is 6.28. The molecular formula is C21H22N2OS. The third-order valence-corrected chi connectivity index (χ3v) is 8.10. The van der Waals surface area contributed by atoms with Gasteiger partial charge in [-0.25, -0.2) is 4.98 Å². The minimum atomic E-state index is 0.190. The SMILES string of the molecule is C[C@]12CC[C@@H]3c4ccc(O)cc4CC[C@H]3[C@@H]1Cc1sc(CC#N)nc12. The van der Waals surface area contributed by atoms with Gasteiger partial charge in [-0.05, 0) is 73.1 Å². The van der Waals surface area contributed by atoms with Crippen LogP contribution in [0.3, 0.4) is 0 Å². The molecule has 1 N–H and O–H groups in total. The van der Waals surface area contributed by atoms with E-state index in [1.165, 1.54) is 41.0 Å². The fourth-order valence-corrected chi connectivity index (χ4v) is 7.08. The number of hydrogen-bond donors (Lipinski definition) is 1. The lowest BCUT2D eigenvalue weighted by atomic mass is 9.55. The third kappa shape index (κ3) is 2.12. The highest BCUT2D eigenvalue weighted by atomic mass is 32.1. The standard InChI is InChI=1S/C21H22N2OS/c1-21-8-6-15-14-5-3-13(24)10-12(14)2-4-16(15)17(21)11-18-20(21)23-19(25-18)7-9-22/h3,5,10,15-17,24H,2,4,6-8,11H2,1H3/t15-,16-,17+,21+/m1/s1. The molecule has 4 atom stereocenters. The van der Waals surface area contributed by atoms with Crippen molar-refractivity contribution < 1.29 is 5.11 Å². The number of aryl methyl sites for hydroxylation is 1. The second-order valence-electron chi connectivity index (χ2n) is 8.17. The lowest BCUT2D eigenvalue weighted by Crippen LogP contribution is -2.43. The van der Waals surface area contributed by atoms with Gasteiger partial charge in [0, 0.05) is 10.3 Å². The first-order valence-electron chi connectivity index (χ1n) is 9.28. The maximum absolute atomic E-state index is 9.81. The Hall–Kier alpha value is -1.86. The van der Waals surface area contributed by atoms with E-state index in [2.05, 4.69) is 19.1 Å². The number of benzene rings is 1. The van der Waals surface area contributed by atoms with Crippen LogP contribution in [0.15, 0.2) is 18.2 Å². The number of phenols is 1. The van der Waals surface area contributed by atoms with E-state index < -0.39 is 0 Å². The summed E-state index contributed by atoms with van der Waals surface area (Å²) in [5.41, 5.74) is 4.33. The zero-order chi connectivity index (χ0) is 17.2. The molecule has 3 nitrogen and oxygen atoms in total. The van der Waals surface area contributed by atoms with Gasteiger partial charge >= 0.3 is 0 Å². The molecule has 25 heavy (non-hydrogen) atoms. The van der Waals surface area contributed by atoms with Crippen LogP contribution in [-0.4, -0.2) is 10.1 Å². The van der Waals surface area contributed by atoms with Gasteiger partial charge in [0.1, 0.15) is 10.8 Å². The van der Waals surface area contributed by atoms with Gasteiger partial charge in [0.2, 0.25) is 0 Å². The maximum atomic E-state index is 9.81. The van der Waals surface area contributed by atoms with Crippen LogP contribution in [0.4, 0.5) is 0 Å². The van der Waals surface area contributed by atoms with Gasteiger partial charge in [-0.1, -0.05) is 13.0 Å². The summed E-state index contributed by atoms with van der Waals surface area (Å²) >= 11 is 1.77. The summed E-state index contributed by atoms with van der Waals surface area (Å²) in [6.45, 7) is 2.42. The number of aromatic nitrogens is 1. The van der Waals surface area contributed by atoms with Gasteiger partial charge in [0.05, 0.1) is 18.2 Å². The van der Waals surface area contributed by atoms with Gasteiger partial charge < -0.3 is 5.11 Å². The monoisotopic (exact) mass is 350 g/mol. The van der Waals surface area contributed by atoms with Crippen LogP contribution in [0.25, 0.3) is 0 Å². The third-order valence-electron chi connectivity index (χ3n) is 7.02. The average molecular weight is 350 g/mol. The summed E-state index contributed by atoms with van der Waals surface area (Å²) in [5, 5.41) is 19.8. The Bertz CT molecular complexity index is 896. The molecule has 0 unspecified atom stereocenters. The van der Waals surface area contributed by atoms with E-state index in [4.69, 9.17) is 10.2 Å². The highest BCUT2D eigenvalue weighted by Gasteiger charge is 2.54. The molecule has 4 heteroatoms. The van der Waals surface area contributed by atoms with E-state index in [9.17, 15) is 5.11 Å². The number of nitriles is 1. The molecule has 1 saturated carbocycles. The van der Waals surface area contributed by atoms with Crippen LogP contribution < -0.4 is 0 Å². The molecule has 0 saturated heterocycles. The van der Waals surface area contributed by atoms with Crippen molar-refractivity contribution in [2.75, 3.05) is 0 Å². The van der Waals surface area contributed by atoms with E-state index in [-0.39, 0.29) is 5.41 Å². The Morgan fingerprint density at radius 1 is 1.40 bits per heavy atom. The number of rotatable bonds is 1. The maximum Gasteiger partial charge on any atom is 0.115 e. The normalized spacial score (nSPS) is 32.2. The molecule has 128 valence electrons. The quantitative estimate of drug-likeness (QED) is 0.825. The molecule has 0 aliphatic heterocycles. The van der Waals surface area contributed by atoms with Crippen LogP contribution in [0.5, 0.6) is 5.75 Å². The Morgan fingerprint density at radius 2 is 2.28 bits per heavy atom. The van der Waals surface area contributed by atoms with Crippen molar-refractivity contribution in [2.45, 2.75) is 56.8 Å². The molecule has 0 amide bonds. The van der Waals surface area contributed by atoms with Crippen LogP contribution >= 0.6 is 11.3 Å². The van der Waals surface area contributed by atoms with Crippen molar-refractivity contribution in [1.29, 1.82) is 5.26 Å². The van der Waals surface area contributed by atoms with E-state index in [1.807, 2.05) is 12.1 Å². The molecule has 0 bridgehead atoms. The van der Waals surface area contributed by atoms with E-state index >= 15 is 0 Å². The number of aromatic hydroxyl groups is 1. The molecule has 3 aliphatic carbocycles. The number of hydrogen-bond acceptors (Lipinski definition) is 4. The van der Waals surface area contributed by atoms with E-state index in [0.717, 1.165) is 23.8 Å². The van der Waals surface area contributed by atoms with Gasteiger partial charge in [-0.15, -0.1) is 11.3 Å². The molecule has 1 aromatic carbocycles. The van der Waals surface area contributed by atoms with Crippen LogP contribution in [0.1, 0.15) is 58.8 Å². The number of phenolic OH excluding ortho intramolecular Hbond substituents is 1. The van der Waals surface area contributed by atoms with Gasteiger partial charge in [0.25, 0.3) is 0 Å². The molecule has 5 rings (SSSR count). The van der Waals surface area contributed by atoms with Crippen LogP contribution in [-0.2, 0) is 24.7 Å². The zero-order valence-corrected chi connectivity index (χ0v) is 15.3. The molecule has 1 aromatic heterocycles. The first kappa shape index (κ1) is 15.4. The Balaban J connectivity index is 1.51. The van der Waals surface area contributed by atoms with Crippen LogP contribution in [0.2, 0.25) is 0 Å². The van der Waals surface area contributed by atoms with Crippen molar-refractivity contribution in [3.8, 4) is 11.8 Å². The van der Waals surface area contributed by atoms with Crippen LogP contribution in [0, 0.1) is 23.2 Å². The summed E-state index contributed by atoms with van der Waals surface area (Å²) < 4.78 is 0. The number of thiazole rings is 1. The second kappa shape index (κ2) is 5.32. The Morgan fingerprint density at radius 3 is 3.12 bits per heavy atom. The Labute approximate surface area is 152 Å². The van der Waals surface area contributed by atoms with Crippen molar-refractivity contribution in [3.05, 3.63) is 44.9 Å². The molecular weight excluding hydrogens is 328 g/mol. The summed E-state index contributed by atoms with van der Waals surface area (Å²) in [7, 11) is 0. The molecule has 3 aliphatic rings. The highest BCUT2D eigenvalue weighted by Crippen LogP contribution is 2.60. The number of nitrogens with zero attached hydrogens (tertiary/aromatic N) is 2. The topological polar surface area (TPSA) is 56.9 Å². The molecule has 2 aromatic rings. The summed E-state index contributed by atoms with van der Waals surface area (Å²) in [4.78, 5) is 6.33. The minimum absolute atomic E-state index is 0.190. The zero-order valence-electron chi connectivity index (χ0n) is 14.5. The highest BCUT2D eigenvalue weighted by molar-refractivity contribution is 7.11. The molecule has 0 radical (unpaired) electrons. The van der Waals surface area contributed by atoms with E-state index in [1.54, 1.807) is 11.3 Å². The largest absolute Gasteiger partial charge is 0.508 e. The number of fused-ring (bicyclic) bond motifs is 7. The Kier molecular flexibility index (Phi) is 3.27. The fourth-order valence-electron chi connectivity index (χ4n) is 5.89. The molecule has 0 spiro atoms. The minimum Gasteiger partial charge on any atom is -0.508 e. The molecule has 1 fully saturated rings. The van der Waals surface area contributed by atoms with Gasteiger partial charge in [-0.2, -0.15) is 5.26 Å². The van der Waals surface area contributed by atoms with E-state index in [0.29, 0.717) is 24.0 Å². The predicted octanol–water partition coefficient (Wildman–Crippen LogP) is 4.48. The summed E-state index contributed by atoms with van der Waals surface area (Å²) in [5.74, 6) is 2.43. The average Bonchev–Trinajstić information content (AvgIpc) is 3.11. The van der Waals surface area contributed by atoms with Crippen molar-refractivity contribution in [2.24, 2.45) is 11.8 Å².